The highest BCUT2D eigenvalue weighted by Crippen LogP contribution is 2.35. The van der Waals surface area contributed by atoms with Gasteiger partial charge in [0, 0.05) is 22.8 Å². The van der Waals surface area contributed by atoms with Gasteiger partial charge in [-0.05, 0) is 52.3 Å². The summed E-state index contributed by atoms with van der Waals surface area (Å²) in [5.41, 5.74) is 1.74. The van der Waals surface area contributed by atoms with Crippen molar-refractivity contribution in [2.45, 2.75) is 6.92 Å². The molecule has 0 saturated carbocycles. The highest BCUT2D eigenvalue weighted by Gasteiger charge is 2.18. The van der Waals surface area contributed by atoms with Gasteiger partial charge in [0.1, 0.15) is 13.2 Å². The van der Waals surface area contributed by atoms with Gasteiger partial charge >= 0.3 is 0 Å². The minimum absolute atomic E-state index is 0.146. The molecule has 0 radical (unpaired) electrons. The first kappa shape index (κ1) is 16.3. The number of carbonyl (C=O) groups is 2. The second-order valence-electron chi connectivity index (χ2n) is 5.19. The van der Waals surface area contributed by atoms with Crippen LogP contribution in [0.15, 0.2) is 40.9 Å². The number of anilines is 2. The molecule has 0 saturated heterocycles. The molecule has 6 nitrogen and oxygen atoms in total. The van der Waals surface area contributed by atoms with Crippen molar-refractivity contribution in [1.82, 2.24) is 0 Å². The van der Waals surface area contributed by atoms with Gasteiger partial charge in [0.05, 0.1) is 5.56 Å². The normalized spacial score (nSPS) is 12.4. The molecule has 0 bridgehead atoms. The third-order valence-electron chi connectivity index (χ3n) is 3.34. The minimum atomic E-state index is -0.272. The Balaban J connectivity index is 1.76. The van der Waals surface area contributed by atoms with Crippen LogP contribution in [0, 0.1) is 0 Å². The summed E-state index contributed by atoms with van der Waals surface area (Å²) >= 11 is 3.38. The van der Waals surface area contributed by atoms with Crippen molar-refractivity contribution in [3.8, 4) is 11.5 Å². The van der Waals surface area contributed by atoms with Crippen molar-refractivity contribution in [3.63, 3.8) is 0 Å². The van der Waals surface area contributed by atoms with Crippen LogP contribution in [0.25, 0.3) is 0 Å². The maximum absolute atomic E-state index is 12.5. The van der Waals surface area contributed by atoms with Crippen molar-refractivity contribution in [2.24, 2.45) is 0 Å². The summed E-state index contributed by atoms with van der Waals surface area (Å²) in [5.74, 6) is 0.748. The highest BCUT2D eigenvalue weighted by molar-refractivity contribution is 9.10. The van der Waals surface area contributed by atoms with Crippen LogP contribution in [0.4, 0.5) is 11.4 Å². The maximum atomic E-state index is 12.5. The molecule has 2 aromatic rings. The Morgan fingerprint density at radius 1 is 0.958 bits per heavy atom. The molecule has 0 unspecified atom stereocenters. The summed E-state index contributed by atoms with van der Waals surface area (Å²) in [6.07, 6.45) is 0. The molecule has 2 aromatic carbocycles. The summed E-state index contributed by atoms with van der Waals surface area (Å²) in [7, 11) is 0. The zero-order valence-corrected chi connectivity index (χ0v) is 14.5. The molecular weight excluding hydrogens is 376 g/mol. The Morgan fingerprint density at radius 2 is 1.50 bits per heavy atom. The molecule has 1 aliphatic rings. The molecule has 0 aromatic heterocycles. The number of carbonyl (C=O) groups excluding carboxylic acids is 2. The molecule has 0 fully saturated rings. The summed E-state index contributed by atoms with van der Waals surface area (Å²) in [6.45, 7) is 2.39. The van der Waals surface area contributed by atoms with E-state index in [9.17, 15) is 9.59 Å². The number of fused-ring (bicyclic) bond motifs is 1. The van der Waals surface area contributed by atoms with Crippen LogP contribution in [-0.4, -0.2) is 25.0 Å². The zero-order valence-electron chi connectivity index (χ0n) is 12.9. The second kappa shape index (κ2) is 6.92. The molecule has 124 valence electrons. The van der Waals surface area contributed by atoms with E-state index in [0.29, 0.717) is 46.1 Å². The van der Waals surface area contributed by atoms with E-state index in [1.165, 1.54) is 6.92 Å². The SMILES string of the molecule is CC(=O)Nc1ccc(NC(=O)c2cc3c(cc2Br)OCCO3)cc1. The summed E-state index contributed by atoms with van der Waals surface area (Å²) in [4.78, 5) is 23.5. The third kappa shape index (κ3) is 3.68. The third-order valence-corrected chi connectivity index (χ3v) is 4.00. The molecule has 2 amide bonds. The quantitative estimate of drug-likeness (QED) is 0.841. The molecular formula is C17H15BrN2O4. The van der Waals surface area contributed by atoms with Gasteiger partial charge in [-0.3, -0.25) is 9.59 Å². The fourth-order valence-electron chi connectivity index (χ4n) is 2.28. The van der Waals surface area contributed by atoms with E-state index in [2.05, 4.69) is 26.6 Å². The Bertz CT molecular complexity index is 790. The van der Waals surface area contributed by atoms with Crippen molar-refractivity contribution >= 4 is 39.1 Å². The predicted molar refractivity (Wildman–Crippen MR) is 93.8 cm³/mol. The topological polar surface area (TPSA) is 76.7 Å². The average molecular weight is 391 g/mol. The Morgan fingerprint density at radius 3 is 2.08 bits per heavy atom. The van der Waals surface area contributed by atoms with E-state index in [-0.39, 0.29) is 11.8 Å². The van der Waals surface area contributed by atoms with E-state index in [1.54, 1.807) is 36.4 Å². The van der Waals surface area contributed by atoms with E-state index in [4.69, 9.17) is 9.47 Å². The van der Waals surface area contributed by atoms with Gasteiger partial charge in [0.15, 0.2) is 11.5 Å². The molecule has 2 N–H and O–H groups in total. The van der Waals surface area contributed by atoms with Gasteiger partial charge < -0.3 is 20.1 Å². The van der Waals surface area contributed by atoms with Gasteiger partial charge in [-0.15, -0.1) is 0 Å². The first-order valence-electron chi connectivity index (χ1n) is 7.31. The van der Waals surface area contributed by atoms with Crippen molar-refractivity contribution in [1.29, 1.82) is 0 Å². The van der Waals surface area contributed by atoms with Crippen LogP contribution < -0.4 is 20.1 Å². The van der Waals surface area contributed by atoms with E-state index in [0.717, 1.165) is 0 Å². The van der Waals surface area contributed by atoms with Gasteiger partial charge in [0.2, 0.25) is 5.91 Å². The van der Waals surface area contributed by atoms with Crippen LogP contribution in [0.3, 0.4) is 0 Å². The number of benzene rings is 2. The van der Waals surface area contributed by atoms with Crippen LogP contribution in [0.5, 0.6) is 11.5 Å². The molecule has 7 heteroatoms. The fourth-order valence-corrected chi connectivity index (χ4v) is 2.78. The lowest BCUT2D eigenvalue weighted by molar-refractivity contribution is -0.114. The van der Waals surface area contributed by atoms with Crippen molar-refractivity contribution in [2.75, 3.05) is 23.8 Å². The summed E-state index contributed by atoms with van der Waals surface area (Å²) in [6, 6.07) is 10.2. The lowest BCUT2D eigenvalue weighted by Gasteiger charge is -2.19. The monoisotopic (exact) mass is 390 g/mol. The molecule has 0 aliphatic carbocycles. The number of nitrogens with one attached hydrogen (secondary N) is 2. The lowest BCUT2D eigenvalue weighted by atomic mass is 10.1. The lowest BCUT2D eigenvalue weighted by Crippen LogP contribution is -2.17. The molecule has 0 atom stereocenters. The van der Waals surface area contributed by atoms with Crippen LogP contribution in [0.1, 0.15) is 17.3 Å². The average Bonchev–Trinajstić information content (AvgIpc) is 2.55. The van der Waals surface area contributed by atoms with Gasteiger partial charge in [-0.1, -0.05) is 0 Å². The predicted octanol–water partition coefficient (Wildman–Crippen LogP) is 3.43. The van der Waals surface area contributed by atoms with E-state index >= 15 is 0 Å². The van der Waals surface area contributed by atoms with Gasteiger partial charge in [-0.25, -0.2) is 0 Å². The largest absolute Gasteiger partial charge is 0.486 e. The number of ether oxygens (including phenoxy) is 2. The summed E-state index contributed by atoms with van der Waals surface area (Å²) in [5, 5.41) is 5.48. The minimum Gasteiger partial charge on any atom is -0.486 e. The van der Waals surface area contributed by atoms with Crippen molar-refractivity contribution in [3.05, 3.63) is 46.4 Å². The zero-order chi connectivity index (χ0) is 17.1. The van der Waals surface area contributed by atoms with Crippen LogP contribution in [-0.2, 0) is 4.79 Å². The number of hydrogen-bond acceptors (Lipinski definition) is 4. The van der Waals surface area contributed by atoms with Crippen molar-refractivity contribution < 1.29 is 19.1 Å². The molecule has 24 heavy (non-hydrogen) atoms. The fraction of sp³-hybridized carbons (Fsp3) is 0.176. The Kier molecular flexibility index (Phi) is 4.71. The Labute approximate surface area is 147 Å². The van der Waals surface area contributed by atoms with Gasteiger partial charge in [-0.2, -0.15) is 0 Å². The number of hydrogen-bond donors (Lipinski definition) is 2. The molecule has 1 aliphatic heterocycles. The highest BCUT2D eigenvalue weighted by atomic mass is 79.9. The van der Waals surface area contributed by atoms with E-state index < -0.39 is 0 Å². The number of rotatable bonds is 3. The standard InChI is InChI=1S/C17H15BrN2O4/c1-10(21)19-11-2-4-12(5-3-11)20-17(22)13-8-15-16(9-14(13)18)24-7-6-23-15/h2-5,8-9H,6-7H2,1H3,(H,19,21)(H,20,22). The first-order chi connectivity index (χ1) is 11.5. The van der Waals surface area contributed by atoms with Gasteiger partial charge in [0.25, 0.3) is 5.91 Å². The molecule has 3 rings (SSSR count). The maximum Gasteiger partial charge on any atom is 0.256 e. The van der Waals surface area contributed by atoms with Crippen LogP contribution in [0.2, 0.25) is 0 Å². The van der Waals surface area contributed by atoms with E-state index in [1.807, 2.05) is 0 Å². The number of amides is 2. The molecule has 0 spiro atoms. The second-order valence-corrected chi connectivity index (χ2v) is 6.04. The Hall–Kier alpha value is -2.54. The summed E-state index contributed by atoms with van der Waals surface area (Å²) < 4.78 is 11.6. The number of halogens is 1. The smallest absolute Gasteiger partial charge is 0.256 e. The first-order valence-corrected chi connectivity index (χ1v) is 8.10. The van der Waals surface area contributed by atoms with Crippen LogP contribution >= 0.6 is 15.9 Å². The molecule has 1 heterocycles.